The Morgan fingerprint density at radius 2 is 1.83 bits per heavy atom. The van der Waals surface area contributed by atoms with Crippen LogP contribution in [-0.4, -0.2) is 49.5 Å². The van der Waals surface area contributed by atoms with Gasteiger partial charge in [0.25, 0.3) is 0 Å². The Morgan fingerprint density at radius 1 is 1.28 bits per heavy atom. The lowest BCUT2D eigenvalue weighted by Gasteiger charge is -2.25. The highest BCUT2D eigenvalue weighted by atomic mass is 16.5. The maximum absolute atomic E-state index is 11.5. The van der Waals surface area contributed by atoms with E-state index in [2.05, 4.69) is 10.6 Å². The van der Waals surface area contributed by atoms with Gasteiger partial charge in [-0.05, 0) is 34.6 Å². The minimum absolute atomic E-state index is 0.0181. The summed E-state index contributed by atoms with van der Waals surface area (Å²) in [4.78, 5) is 11.5. The molecule has 5 nitrogen and oxygen atoms in total. The number of hydrogen-bond acceptors (Lipinski definition) is 4. The van der Waals surface area contributed by atoms with E-state index in [1.54, 1.807) is 7.05 Å². The van der Waals surface area contributed by atoms with E-state index >= 15 is 0 Å². The van der Waals surface area contributed by atoms with Gasteiger partial charge in [-0.15, -0.1) is 0 Å². The average molecular weight is 260 g/mol. The van der Waals surface area contributed by atoms with Crippen molar-refractivity contribution in [2.24, 2.45) is 5.41 Å². The van der Waals surface area contributed by atoms with Crippen molar-refractivity contribution in [2.45, 2.75) is 46.3 Å². The number of carbonyl (C=O) groups is 1. The second-order valence-electron chi connectivity index (χ2n) is 6.17. The highest BCUT2D eigenvalue weighted by Crippen LogP contribution is 2.13. The third-order valence-corrected chi connectivity index (χ3v) is 2.50. The predicted molar refractivity (Wildman–Crippen MR) is 72.4 cm³/mol. The maximum Gasteiger partial charge on any atom is 0.226 e. The molecular formula is C13H28N2O3. The second kappa shape index (κ2) is 7.07. The van der Waals surface area contributed by atoms with Crippen molar-refractivity contribution in [2.75, 3.05) is 26.7 Å². The molecule has 0 fully saturated rings. The van der Waals surface area contributed by atoms with Gasteiger partial charge in [-0.25, -0.2) is 0 Å². The van der Waals surface area contributed by atoms with Crippen LogP contribution in [0.3, 0.4) is 0 Å². The Bertz CT molecular complexity index is 259. The molecule has 18 heavy (non-hydrogen) atoms. The first-order valence-corrected chi connectivity index (χ1v) is 6.33. The first-order valence-electron chi connectivity index (χ1n) is 6.33. The molecule has 1 unspecified atom stereocenters. The summed E-state index contributed by atoms with van der Waals surface area (Å²) in [5.41, 5.74) is -0.734. The second-order valence-corrected chi connectivity index (χ2v) is 6.17. The maximum atomic E-state index is 11.5. The van der Waals surface area contributed by atoms with Gasteiger partial charge in [0.15, 0.2) is 0 Å². The van der Waals surface area contributed by atoms with E-state index in [1.165, 1.54) is 0 Å². The van der Waals surface area contributed by atoms with Crippen LogP contribution in [0.1, 0.15) is 34.6 Å². The summed E-state index contributed by atoms with van der Waals surface area (Å²) >= 11 is 0. The number of aliphatic hydroxyl groups excluding tert-OH is 1. The lowest BCUT2D eigenvalue weighted by atomic mass is 9.92. The summed E-state index contributed by atoms with van der Waals surface area (Å²) in [5.74, 6) is -0.0181. The summed E-state index contributed by atoms with van der Waals surface area (Å²) in [6.07, 6.45) is -0.565. The number of ether oxygens (including phenoxy) is 1. The first kappa shape index (κ1) is 17.4. The number of aliphatic hydroxyl groups is 1. The Labute approximate surface area is 110 Å². The smallest absolute Gasteiger partial charge is 0.226 e. The van der Waals surface area contributed by atoms with Crippen molar-refractivity contribution in [1.82, 2.24) is 10.6 Å². The van der Waals surface area contributed by atoms with Gasteiger partial charge in [-0.1, -0.05) is 0 Å². The van der Waals surface area contributed by atoms with Crippen LogP contribution in [0.15, 0.2) is 0 Å². The molecule has 3 N–H and O–H groups in total. The van der Waals surface area contributed by atoms with Crippen LogP contribution in [0.25, 0.3) is 0 Å². The molecule has 1 amide bonds. The van der Waals surface area contributed by atoms with Crippen LogP contribution in [0, 0.1) is 5.41 Å². The molecule has 108 valence electrons. The number of rotatable bonds is 7. The topological polar surface area (TPSA) is 70.6 Å². The van der Waals surface area contributed by atoms with Crippen LogP contribution in [0.4, 0.5) is 0 Å². The summed E-state index contributed by atoms with van der Waals surface area (Å²) in [6, 6.07) is 0. The first-order chi connectivity index (χ1) is 8.08. The van der Waals surface area contributed by atoms with Crippen molar-refractivity contribution < 1.29 is 14.6 Å². The van der Waals surface area contributed by atoms with E-state index in [1.807, 2.05) is 34.6 Å². The molecular weight excluding hydrogens is 232 g/mol. The highest BCUT2D eigenvalue weighted by molar-refractivity contribution is 5.81. The Morgan fingerprint density at radius 3 is 2.28 bits per heavy atom. The zero-order chi connectivity index (χ0) is 14.4. The van der Waals surface area contributed by atoms with Crippen molar-refractivity contribution >= 4 is 5.91 Å². The van der Waals surface area contributed by atoms with Crippen molar-refractivity contribution in [3.8, 4) is 0 Å². The molecule has 0 rings (SSSR count). The van der Waals surface area contributed by atoms with Gasteiger partial charge in [0, 0.05) is 20.1 Å². The zero-order valence-corrected chi connectivity index (χ0v) is 12.5. The number of hydrogen-bond donors (Lipinski definition) is 3. The van der Waals surface area contributed by atoms with E-state index in [-0.39, 0.29) is 18.1 Å². The normalized spacial score (nSPS) is 14.4. The van der Waals surface area contributed by atoms with E-state index in [0.717, 1.165) is 0 Å². The lowest BCUT2D eigenvalue weighted by Crippen LogP contribution is -2.44. The molecule has 0 aliphatic carbocycles. The summed E-state index contributed by atoms with van der Waals surface area (Å²) < 4.78 is 5.47. The molecule has 0 saturated carbocycles. The van der Waals surface area contributed by atoms with Crippen molar-refractivity contribution in [3.05, 3.63) is 0 Å². The fourth-order valence-electron chi connectivity index (χ4n) is 1.38. The van der Waals surface area contributed by atoms with Gasteiger partial charge in [-0.2, -0.15) is 0 Å². The molecule has 0 saturated heterocycles. The molecule has 0 aromatic heterocycles. The Balaban J connectivity index is 3.87. The minimum Gasteiger partial charge on any atom is -0.389 e. The number of nitrogens with one attached hydrogen (secondary N) is 2. The molecule has 0 aromatic rings. The van der Waals surface area contributed by atoms with Gasteiger partial charge < -0.3 is 20.5 Å². The van der Waals surface area contributed by atoms with Crippen molar-refractivity contribution in [3.63, 3.8) is 0 Å². The van der Waals surface area contributed by atoms with Crippen LogP contribution in [0.2, 0.25) is 0 Å². The van der Waals surface area contributed by atoms with Gasteiger partial charge in [0.05, 0.1) is 23.7 Å². The van der Waals surface area contributed by atoms with Crippen LogP contribution < -0.4 is 10.6 Å². The fourth-order valence-corrected chi connectivity index (χ4v) is 1.38. The molecule has 0 heterocycles. The minimum atomic E-state index is -0.565. The Kier molecular flexibility index (Phi) is 6.81. The molecule has 0 aromatic carbocycles. The number of carbonyl (C=O) groups excluding carboxylic acids is 1. The quantitative estimate of drug-likeness (QED) is 0.624. The van der Waals surface area contributed by atoms with Crippen molar-refractivity contribution in [1.29, 1.82) is 0 Å². The largest absolute Gasteiger partial charge is 0.389 e. The summed E-state index contributed by atoms with van der Waals surface area (Å²) in [6.45, 7) is 10.8. The van der Waals surface area contributed by atoms with Gasteiger partial charge in [0.2, 0.25) is 5.91 Å². The third-order valence-electron chi connectivity index (χ3n) is 2.50. The fraction of sp³-hybridized carbons (Fsp3) is 0.923. The van der Waals surface area contributed by atoms with Crippen LogP contribution in [0.5, 0.6) is 0 Å². The third kappa shape index (κ3) is 7.63. The van der Waals surface area contributed by atoms with E-state index in [0.29, 0.717) is 13.1 Å². The average Bonchev–Trinajstić information content (AvgIpc) is 2.24. The van der Waals surface area contributed by atoms with Gasteiger partial charge in [-0.3, -0.25) is 4.79 Å². The lowest BCUT2D eigenvalue weighted by molar-refractivity contribution is -0.128. The van der Waals surface area contributed by atoms with E-state index in [9.17, 15) is 9.90 Å². The van der Waals surface area contributed by atoms with Gasteiger partial charge in [0.1, 0.15) is 0 Å². The van der Waals surface area contributed by atoms with Crippen LogP contribution >= 0.6 is 0 Å². The standard InChI is InChI=1S/C13H28N2O3/c1-12(2,3)18-8-10(16)7-15-9-13(4,5)11(17)14-6/h10,15-16H,7-9H2,1-6H3,(H,14,17). The molecule has 0 aliphatic heterocycles. The molecule has 1 atom stereocenters. The SMILES string of the molecule is CNC(=O)C(C)(C)CNCC(O)COC(C)(C)C. The van der Waals surface area contributed by atoms with E-state index < -0.39 is 11.5 Å². The molecule has 0 aliphatic rings. The van der Waals surface area contributed by atoms with E-state index in [4.69, 9.17) is 4.74 Å². The molecule has 5 heteroatoms. The summed E-state index contributed by atoms with van der Waals surface area (Å²) in [5, 5.41) is 15.4. The summed E-state index contributed by atoms with van der Waals surface area (Å²) in [7, 11) is 1.62. The Hall–Kier alpha value is -0.650. The predicted octanol–water partition coefficient (Wildman–Crippen LogP) is 0.524. The number of amides is 1. The molecule has 0 radical (unpaired) electrons. The van der Waals surface area contributed by atoms with Gasteiger partial charge >= 0.3 is 0 Å². The zero-order valence-electron chi connectivity index (χ0n) is 12.5. The molecule has 0 bridgehead atoms. The highest BCUT2D eigenvalue weighted by Gasteiger charge is 2.26. The van der Waals surface area contributed by atoms with Crippen LogP contribution in [-0.2, 0) is 9.53 Å². The monoisotopic (exact) mass is 260 g/mol. The molecule has 0 spiro atoms.